The highest BCUT2D eigenvalue weighted by molar-refractivity contribution is 7.89. The van der Waals surface area contributed by atoms with E-state index in [1.54, 1.807) is 26.2 Å². The van der Waals surface area contributed by atoms with Gasteiger partial charge in [-0.1, -0.05) is 25.1 Å². The zero-order chi connectivity index (χ0) is 21.0. The lowest BCUT2D eigenvalue weighted by Gasteiger charge is -2.20. The normalized spacial score (nSPS) is 15.8. The molecule has 3 rings (SSSR count). The van der Waals surface area contributed by atoms with Crippen molar-refractivity contribution in [2.75, 3.05) is 20.2 Å². The lowest BCUT2D eigenvalue weighted by Crippen LogP contribution is -2.30. The van der Waals surface area contributed by atoms with Gasteiger partial charge in [-0.2, -0.15) is 4.31 Å². The molecule has 1 N–H and O–H groups in total. The molecule has 1 aliphatic heterocycles. The average molecular weight is 417 g/mol. The zero-order valence-corrected chi connectivity index (χ0v) is 18.0. The second-order valence-electron chi connectivity index (χ2n) is 7.30. The van der Waals surface area contributed by atoms with Gasteiger partial charge in [0.25, 0.3) is 5.91 Å². The number of hydrogen-bond donors (Lipinski definition) is 1. The minimum absolute atomic E-state index is 0.173. The largest absolute Gasteiger partial charge is 0.497 e. The number of carbonyl (C=O) groups is 1. The Bertz CT molecular complexity index is 965. The number of sulfonamides is 1. The van der Waals surface area contributed by atoms with Crippen LogP contribution in [0.15, 0.2) is 47.4 Å². The van der Waals surface area contributed by atoms with Gasteiger partial charge in [-0.25, -0.2) is 8.42 Å². The Morgan fingerprint density at radius 3 is 2.38 bits per heavy atom. The fourth-order valence-electron chi connectivity index (χ4n) is 3.59. The molecule has 2 aromatic carbocycles. The van der Waals surface area contributed by atoms with Crippen LogP contribution in [-0.2, 0) is 10.0 Å². The zero-order valence-electron chi connectivity index (χ0n) is 17.1. The van der Waals surface area contributed by atoms with Crippen molar-refractivity contribution >= 4 is 15.9 Å². The van der Waals surface area contributed by atoms with E-state index < -0.39 is 10.0 Å². The Morgan fingerprint density at radius 2 is 1.79 bits per heavy atom. The summed E-state index contributed by atoms with van der Waals surface area (Å²) < 4.78 is 32.6. The minimum Gasteiger partial charge on any atom is -0.497 e. The molecule has 1 aliphatic rings. The van der Waals surface area contributed by atoms with Crippen LogP contribution in [0.4, 0.5) is 0 Å². The maximum Gasteiger partial charge on any atom is 0.251 e. The molecule has 2 aromatic rings. The van der Waals surface area contributed by atoms with Gasteiger partial charge in [0.1, 0.15) is 5.75 Å². The molecule has 0 aliphatic carbocycles. The molecule has 156 valence electrons. The molecule has 1 heterocycles. The number of aryl methyl sites for hydroxylation is 1. The van der Waals surface area contributed by atoms with Gasteiger partial charge in [0.2, 0.25) is 10.0 Å². The van der Waals surface area contributed by atoms with Gasteiger partial charge in [0.05, 0.1) is 18.0 Å². The first kappa shape index (κ1) is 21.3. The van der Waals surface area contributed by atoms with Crippen molar-refractivity contribution in [3.05, 3.63) is 59.2 Å². The van der Waals surface area contributed by atoms with E-state index >= 15 is 0 Å². The van der Waals surface area contributed by atoms with E-state index in [1.807, 2.05) is 31.2 Å². The van der Waals surface area contributed by atoms with Crippen LogP contribution < -0.4 is 10.1 Å². The molecular weight excluding hydrogens is 388 g/mol. The summed E-state index contributed by atoms with van der Waals surface area (Å²) in [6.45, 7) is 4.82. The number of benzene rings is 2. The van der Waals surface area contributed by atoms with Crippen molar-refractivity contribution in [2.24, 2.45) is 0 Å². The Hall–Kier alpha value is -2.38. The number of amides is 1. The van der Waals surface area contributed by atoms with E-state index in [-0.39, 0.29) is 16.8 Å². The first-order valence-corrected chi connectivity index (χ1v) is 11.4. The smallest absolute Gasteiger partial charge is 0.251 e. The summed E-state index contributed by atoms with van der Waals surface area (Å²) in [4.78, 5) is 13.1. The third-order valence-electron chi connectivity index (χ3n) is 5.36. The van der Waals surface area contributed by atoms with Gasteiger partial charge in [0, 0.05) is 18.7 Å². The summed E-state index contributed by atoms with van der Waals surface area (Å²) in [7, 11) is -1.97. The first-order chi connectivity index (χ1) is 13.9. The molecule has 1 atom stereocenters. The highest BCUT2D eigenvalue weighted by atomic mass is 32.2. The maximum absolute atomic E-state index is 13.0. The van der Waals surface area contributed by atoms with Crippen LogP contribution in [0.2, 0.25) is 0 Å². The van der Waals surface area contributed by atoms with Gasteiger partial charge >= 0.3 is 0 Å². The Morgan fingerprint density at radius 1 is 1.14 bits per heavy atom. The van der Waals surface area contributed by atoms with E-state index in [2.05, 4.69) is 5.32 Å². The molecule has 0 bridgehead atoms. The molecule has 0 radical (unpaired) electrons. The van der Waals surface area contributed by atoms with Gasteiger partial charge in [-0.15, -0.1) is 0 Å². The van der Waals surface area contributed by atoms with Crippen LogP contribution >= 0.6 is 0 Å². The molecular formula is C22H28N2O4S. The van der Waals surface area contributed by atoms with Crippen molar-refractivity contribution < 1.29 is 17.9 Å². The number of nitrogens with one attached hydrogen (secondary N) is 1. The van der Waals surface area contributed by atoms with Crippen molar-refractivity contribution in [1.29, 1.82) is 0 Å². The van der Waals surface area contributed by atoms with Crippen molar-refractivity contribution in [3.63, 3.8) is 0 Å². The molecule has 0 spiro atoms. The van der Waals surface area contributed by atoms with Crippen LogP contribution in [0, 0.1) is 6.92 Å². The van der Waals surface area contributed by atoms with E-state index in [9.17, 15) is 13.2 Å². The average Bonchev–Trinajstić information content (AvgIpc) is 3.28. The minimum atomic E-state index is -3.58. The summed E-state index contributed by atoms with van der Waals surface area (Å²) in [5.74, 6) is 0.468. The van der Waals surface area contributed by atoms with Crippen LogP contribution in [0.3, 0.4) is 0 Å². The second kappa shape index (κ2) is 8.97. The molecule has 0 aromatic heterocycles. The molecule has 0 saturated carbocycles. The first-order valence-electron chi connectivity index (χ1n) is 9.92. The van der Waals surface area contributed by atoms with Crippen LogP contribution in [0.5, 0.6) is 5.75 Å². The Labute approximate surface area is 172 Å². The quantitative estimate of drug-likeness (QED) is 0.747. The molecule has 1 fully saturated rings. The van der Waals surface area contributed by atoms with Crippen molar-refractivity contribution in [2.45, 2.75) is 44.0 Å². The summed E-state index contributed by atoms with van der Waals surface area (Å²) in [5.41, 5.74) is 1.97. The molecule has 29 heavy (non-hydrogen) atoms. The molecule has 1 unspecified atom stereocenters. The van der Waals surface area contributed by atoms with Crippen molar-refractivity contribution in [3.8, 4) is 5.75 Å². The number of rotatable bonds is 7. The fourth-order valence-corrected chi connectivity index (χ4v) is 5.35. The van der Waals surface area contributed by atoms with Gasteiger partial charge in [0.15, 0.2) is 0 Å². The SMILES string of the molecule is CCC(NC(=O)c1ccc(C)c(S(=O)(=O)N2CCCC2)c1)c1ccc(OC)cc1. The lowest BCUT2D eigenvalue weighted by molar-refractivity contribution is 0.0935. The topological polar surface area (TPSA) is 75.7 Å². The number of ether oxygens (including phenoxy) is 1. The number of hydrogen-bond acceptors (Lipinski definition) is 4. The lowest BCUT2D eigenvalue weighted by atomic mass is 10.0. The summed E-state index contributed by atoms with van der Waals surface area (Å²) in [5, 5.41) is 3.02. The number of carbonyl (C=O) groups excluding carboxylic acids is 1. The third kappa shape index (κ3) is 4.62. The van der Waals surface area contributed by atoms with E-state index in [0.29, 0.717) is 30.6 Å². The van der Waals surface area contributed by atoms with E-state index in [4.69, 9.17) is 4.74 Å². The Kier molecular flexibility index (Phi) is 6.59. The maximum atomic E-state index is 13.0. The van der Waals surface area contributed by atoms with Crippen LogP contribution in [-0.4, -0.2) is 38.8 Å². The van der Waals surface area contributed by atoms with Gasteiger partial charge in [-0.3, -0.25) is 4.79 Å². The Balaban J connectivity index is 1.83. The fraction of sp³-hybridized carbons (Fsp3) is 0.409. The van der Waals surface area contributed by atoms with Crippen molar-refractivity contribution in [1.82, 2.24) is 9.62 Å². The second-order valence-corrected chi connectivity index (χ2v) is 9.21. The molecule has 7 heteroatoms. The highest BCUT2D eigenvalue weighted by Crippen LogP contribution is 2.25. The summed E-state index contributed by atoms with van der Waals surface area (Å²) in [6, 6.07) is 12.3. The van der Waals surface area contributed by atoms with Gasteiger partial charge < -0.3 is 10.1 Å². The standard InChI is InChI=1S/C22H28N2O4S/c1-4-20(17-9-11-19(28-3)12-10-17)23-22(25)18-8-7-16(2)21(15-18)29(26,27)24-13-5-6-14-24/h7-12,15,20H,4-6,13-14H2,1-3H3,(H,23,25). The molecule has 1 saturated heterocycles. The molecule has 1 amide bonds. The van der Waals surface area contributed by atoms with E-state index in [1.165, 1.54) is 10.4 Å². The number of methoxy groups -OCH3 is 1. The third-order valence-corrected chi connectivity index (χ3v) is 7.41. The number of nitrogens with zero attached hydrogens (tertiary/aromatic N) is 1. The predicted molar refractivity (Wildman–Crippen MR) is 113 cm³/mol. The predicted octanol–water partition coefficient (Wildman–Crippen LogP) is 3.67. The molecule has 6 nitrogen and oxygen atoms in total. The summed E-state index contributed by atoms with van der Waals surface area (Å²) >= 11 is 0. The van der Waals surface area contributed by atoms with Crippen LogP contribution in [0.1, 0.15) is 53.7 Å². The van der Waals surface area contributed by atoms with Crippen LogP contribution in [0.25, 0.3) is 0 Å². The van der Waals surface area contributed by atoms with E-state index in [0.717, 1.165) is 24.2 Å². The summed E-state index contributed by atoms with van der Waals surface area (Å²) in [6.07, 6.45) is 2.46. The highest BCUT2D eigenvalue weighted by Gasteiger charge is 2.29. The van der Waals surface area contributed by atoms with Gasteiger partial charge in [-0.05, 0) is 61.6 Å². The monoisotopic (exact) mass is 416 g/mol.